The lowest BCUT2D eigenvalue weighted by molar-refractivity contribution is 0.329. The first-order valence-electron chi connectivity index (χ1n) is 6.27. The zero-order valence-electron chi connectivity index (χ0n) is 11.0. The molecule has 0 aliphatic heterocycles. The van der Waals surface area contributed by atoms with Crippen molar-refractivity contribution in [2.24, 2.45) is 0 Å². The van der Waals surface area contributed by atoms with Crippen LogP contribution in [0.15, 0.2) is 46.7 Å². The van der Waals surface area contributed by atoms with Crippen LogP contribution in [0.5, 0.6) is 5.75 Å². The van der Waals surface area contributed by atoms with Crippen LogP contribution in [0.3, 0.4) is 0 Å². The average molecular weight is 286 g/mol. The van der Waals surface area contributed by atoms with E-state index in [2.05, 4.69) is 15.0 Å². The van der Waals surface area contributed by atoms with E-state index in [1.54, 1.807) is 6.20 Å². The van der Waals surface area contributed by atoms with E-state index in [4.69, 9.17) is 10.5 Å². The highest BCUT2D eigenvalue weighted by Crippen LogP contribution is 2.32. The zero-order valence-corrected chi connectivity index (χ0v) is 11.8. The number of hydrogen-bond donors (Lipinski definition) is 2. The number of aromatic amines is 1. The minimum absolute atomic E-state index is 0.607. The maximum atomic E-state index is 5.76. The molecule has 0 radical (unpaired) electrons. The summed E-state index contributed by atoms with van der Waals surface area (Å²) in [6, 6.07) is 9.36. The normalized spacial score (nSPS) is 10.8. The molecular formula is C14H14N4OS. The molecule has 6 heteroatoms. The average Bonchev–Trinajstić information content (AvgIpc) is 2.82. The van der Waals surface area contributed by atoms with Crippen LogP contribution in [0.25, 0.3) is 11.0 Å². The quantitative estimate of drug-likeness (QED) is 0.721. The number of nitrogen functional groups attached to an aromatic ring is 1. The third-order valence-corrected chi connectivity index (χ3v) is 3.60. The number of pyridine rings is 1. The van der Waals surface area contributed by atoms with Crippen molar-refractivity contribution in [3.63, 3.8) is 0 Å². The molecule has 0 saturated carbocycles. The molecule has 0 fully saturated rings. The van der Waals surface area contributed by atoms with E-state index in [1.165, 1.54) is 11.8 Å². The van der Waals surface area contributed by atoms with Gasteiger partial charge in [0, 0.05) is 11.9 Å². The van der Waals surface area contributed by atoms with Crippen LogP contribution in [-0.4, -0.2) is 21.6 Å². The second kappa shape index (κ2) is 5.42. The van der Waals surface area contributed by atoms with Gasteiger partial charge in [-0.1, -0.05) is 0 Å². The summed E-state index contributed by atoms with van der Waals surface area (Å²) in [7, 11) is 0. The van der Waals surface area contributed by atoms with E-state index in [0.29, 0.717) is 12.3 Å². The number of anilines is 1. The summed E-state index contributed by atoms with van der Waals surface area (Å²) in [4.78, 5) is 12.1. The summed E-state index contributed by atoms with van der Waals surface area (Å²) in [6.07, 6.45) is 1.74. The van der Waals surface area contributed by atoms with Gasteiger partial charge in [-0.25, -0.2) is 9.97 Å². The predicted octanol–water partition coefficient (Wildman–Crippen LogP) is 3.09. The molecule has 0 spiro atoms. The highest BCUT2D eigenvalue weighted by atomic mass is 32.2. The predicted molar refractivity (Wildman–Crippen MR) is 80.0 cm³/mol. The SMILES string of the molecule is CCOc1cccnc1Sc1nc2ccc(N)cc2[nH]1. The van der Waals surface area contributed by atoms with Crippen LogP contribution in [0.1, 0.15) is 6.92 Å². The summed E-state index contributed by atoms with van der Waals surface area (Å²) in [5, 5.41) is 1.56. The smallest absolute Gasteiger partial charge is 0.172 e. The van der Waals surface area contributed by atoms with Gasteiger partial charge >= 0.3 is 0 Å². The standard InChI is InChI=1S/C14H14N4OS/c1-2-19-12-4-3-7-16-13(12)20-14-17-10-6-5-9(15)8-11(10)18-14/h3-8H,2,15H2,1H3,(H,17,18). The molecule has 0 unspecified atom stereocenters. The summed E-state index contributed by atoms with van der Waals surface area (Å²) in [5.41, 5.74) is 8.28. The van der Waals surface area contributed by atoms with E-state index in [1.807, 2.05) is 37.3 Å². The van der Waals surface area contributed by atoms with Crippen molar-refractivity contribution < 1.29 is 4.74 Å². The topological polar surface area (TPSA) is 76.8 Å². The van der Waals surface area contributed by atoms with Crippen molar-refractivity contribution in [3.05, 3.63) is 36.5 Å². The Labute approximate surface area is 120 Å². The van der Waals surface area contributed by atoms with Gasteiger partial charge in [-0.3, -0.25) is 0 Å². The first kappa shape index (κ1) is 12.8. The van der Waals surface area contributed by atoms with Crippen molar-refractivity contribution in [2.45, 2.75) is 17.1 Å². The Balaban J connectivity index is 1.93. The summed E-state index contributed by atoms with van der Waals surface area (Å²) >= 11 is 1.44. The molecule has 3 N–H and O–H groups in total. The molecule has 20 heavy (non-hydrogen) atoms. The van der Waals surface area contributed by atoms with Crippen LogP contribution in [0.2, 0.25) is 0 Å². The number of nitrogens with two attached hydrogens (primary N) is 1. The fraction of sp³-hybridized carbons (Fsp3) is 0.143. The third kappa shape index (κ3) is 2.55. The molecule has 2 aromatic heterocycles. The van der Waals surface area contributed by atoms with Crippen molar-refractivity contribution in [3.8, 4) is 5.75 Å². The van der Waals surface area contributed by atoms with Crippen LogP contribution in [-0.2, 0) is 0 Å². The molecule has 0 atom stereocenters. The van der Waals surface area contributed by atoms with Gasteiger partial charge in [0.2, 0.25) is 0 Å². The van der Waals surface area contributed by atoms with Crippen LogP contribution in [0, 0.1) is 0 Å². The number of fused-ring (bicyclic) bond motifs is 1. The van der Waals surface area contributed by atoms with E-state index in [0.717, 1.165) is 27.0 Å². The van der Waals surface area contributed by atoms with Crippen molar-refractivity contribution in [1.82, 2.24) is 15.0 Å². The molecule has 0 amide bonds. The number of rotatable bonds is 4. The van der Waals surface area contributed by atoms with Crippen LogP contribution >= 0.6 is 11.8 Å². The van der Waals surface area contributed by atoms with E-state index in [-0.39, 0.29) is 0 Å². The fourth-order valence-corrected chi connectivity index (χ4v) is 2.69. The highest BCUT2D eigenvalue weighted by Gasteiger charge is 2.10. The summed E-state index contributed by atoms with van der Waals surface area (Å²) in [6.45, 7) is 2.56. The van der Waals surface area contributed by atoms with Gasteiger partial charge in [-0.15, -0.1) is 0 Å². The van der Waals surface area contributed by atoms with E-state index in [9.17, 15) is 0 Å². The van der Waals surface area contributed by atoms with E-state index < -0.39 is 0 Å². The lowest BCUT2D eigenvalue weighted by atomic mass is 10.3. The van der Waals surface area contributed by atoms with Gasteiger partial charge in [0.1, 0.15) is 5.03 Å². The maximum Gasteiger partial charge on any atom is 0.172 e. The van der Waals surface area contributed by atoms with Crippen LogP contribution < -0.4 is 10.5 Å². The first-order valence-corrected chi connectivity index (χ1v) is 7.09. The van der Waals surface area contributed by atoms with Gasteiger partial charge < -0.3 is 15.5 Å². The Morgan fingerprint density at radius 1 is 1.35 bits per heavy atom. The van der Waals surface area contributed by atoms with Gasteiger partial charge in [0.05, 0.1) is 17.6 Å². The fourth-order valence-electron chi connectivity index (χ4n) is 1.86. The Morgan fingerprint density at radius 3 is 3.10 bits per heavy atom. The monoisotopic (exact) mass is 286 g/mol. The maximum absolute atomic E-state index is 5.76. The molecule has 0 aliphatic carbocycles. The Morgan fingerprint density at radius 2 is 2.25 bits per heavy atom. The number of aromatic nitrogens is 3. The molecule has 3 rings (SSSR count). The number of nitrogens with one attached hydrogen (secondary N) is 1. The molecule has 1 aromatic carbocycles. The van der Waals surface area contributed by atoms with Crippen molar-refractivity contribution in [1.29, 1.82) is 0 Å². The largest absolute Gasteiger partial charge is 0.491 e. The lowest BCUT2D eigenvalue weighted by Gasteiger charge is -2.06. The van der Waals surface area contributed by atoms with Gasteiger partial charge in [0.15, 0.2) is 10.9 Å². The number of ether oxygens (including phenoxy) is 1. The Bertz CT molecular complexity index is 741. The van der Waals surface area contributed by atoms with Crippen LogP contribution in [0.4, 0.5) is 5.69 Å². The number of benzene rings is 1. The van der Waals surface area contributed by atoms with Crippen molar-refractivity contribution in [2.75, 3.05) is 12.3 Å². The highest BCUT2D eigenvalue weighted by molar-refractivity contribution is 7.99. The first-order chi connectivity index (χ1) is 9.76. The van der Waals surface area contributed by atoms with Gasteiger partial charge in [-0.2, -0.15) is 0 Å². The molecule has 0 aliphatic rings. The number of imidazole rings is 1. The Hall–Kier alpha value is -2.21. The second-order valence-corrected chi connectivity index (χ2v) is 5.14. The molecule has 0 bridgehead atoms. The van der Waals surface area contributed by atoms with Gasteiger partial charge in [-0.05, 0) is 49.0 Å². The summed E-state index contributed by atoms with van der Waals surface area (Å²) in [5.74, 6) is 0.764. The second-order valence-electron chi connectivity index (χ2n) is 4.16. The molecule has 0 saturated heterocycles. The summed E-state index contributed by atoms with van der Waals surface area (Å²) < 4.78 is 5.56. The molecule has 3 aromatic rings. The van der Waals surface area contributed by atoms with Gasteiger partial charge in [0.25, 0.3) is 0 Å². The van der Waals surface area contributed by atoms with Crippen molar-refractivity contribution >= 4 is 28.5 Å². The number of hydrogen-bond acceptors (Lipinski definition) is 5. The Kier molecular flexibility index (Phi) is 3.47. The minimum atomic E-state index is 0.607. The molecular weight excluding hydrogens is 272 g/mol. The third-order valence-electron chi connectivity index (χ3n) is 2.71. The molecule has 5 nitrogen and oxygen atoms in total. The molecule has 2 heterocycles. The number of nitrogens with zero attached hydrogens (tertiary/aromatic N) is 2. The minimum Gasteiger partial charge on any atom is -0.491 e. The molecule has 102 valence electrons. The van der Waals surface area contributed by atoms with E-state index >= 15 is 0 Å². The number of H-pyrrole nitrogens is 1. The zero-order chi connectivity index (χ0) is 13.9. The lowest BCUT2D eigenvalue weighted by Crippen LogP contribution is -1.94.